The number of benzene rings is 1. The normalized spacial score (nSPS) is 16.0. The number of nitrogens with one attached hydrogen (secondary N) is 1. The summed E-state index contributed by atoms with van der Waals surface area (Å²) in [6.45, 7) is 3.09. The Labute approximate surface area is 180 Å². The van der Waals surface area contributed by atoms with Crippen LogP contribution >= 0.6 is 12.4 Å². The third-order valence-corrected chi connectivity index (χ3v) is 5.60. The Balaban J connectivity index is 0.00000300. The smallest absolute Gasteiger partial charge is 0.229 e. The summed E-state index contributed by atoms with van der Waals surface area (Å²) in [6, 6.07) is 8.69. The van der Waals surface area contributed by atoms with Crippen molar-refractivity contribution in [3.05, 3.63) is 35.7 Å². The summed E-state index contributed by atoms with van der Waals surface area (Å²) in [5.74, 6) is 1.38. The Morgan fingerprint density at radius 1 is 1.17 bits per heavy atom. The summed E-state index contributed by atoms with van der Waals surface area (Å²) in [4.78, 5) is 6.47. The van der Waals surface area contributed by atoms with Crippen molar-refractivity contribution in [2.24, 2.45) is 5.73 Å². The summed E-state index contributed by atoms with van der Waals surface area (Å²) in [5, 5.41) is 11.8. The highest BCUT2D eigenvalue weighted by Gasteiger charge is 2.27. The van der Waals surface area contributed by atoms with E-state index in [2.05, 4.69) is 41.3 Å². The van der Waals surface area contributed by atoms with Gasteiger partial charge < -0.3 is 15.2 Å². The summed E-state index contributed by atoms with van der Waals surface area (Å²) in [5.41, 5.74) is 8.01. The molecule has 1 saturated heterocycles. The highest BCUT2D eigenvalue weighted by atomic mass is 35.5. The van der Waals surface area contributed by atoms with Gasteiger partial charge in [-0.1, -0.05) is 68.4 Å². The number of halogens is 1. The monoisotopic (exact) mass is 419 g/mol. The van der Waals surface area contributed by atoms with E-state index in [1.54, 1.807) is 0 Å². The van der Waals surface area contributed by atoms with Gasteiger partial charge in [-0.2, -0.15) is 4.98 Å². The molecule has 0 spiro atoms. The number of aryl methyl sites for hydroxylation is 1. The summed E-state index contributed by atoms with van der Waals surface area (Å²) in [7, 11) is 0. The van der Waals surface area contributed by atoms with Crippen LogP contribution in [0.5, 0.6) is 0 Å². The van der Waals surface area contributed by atoms with Crippen LogP contribution in [0.3, 0.4) is 0 Å². The number of rotatable bonds is 10. The van der Waals surface area contributed by atoms with Crippen molar-refractivity contribution in [3.8, 4) is 11.4 Å². The Bertz CT molecular complexity index is 746. The molecule has 2 heterocycles. The minimum Gasteiger partial charge on any atom is -0.370 e. The van der Waals surface area contributed by atoms with Gasteiger partial charge in [-0.05, 0) is 31.2 Å². The summed E-state index contributed by atoms with van der Waals surface area (Å²) in [6.07, 6.45) is 11.8. The van der Waals surface area contributed by atoms with Crippen molar-refractivity contribution in [1.29, 1.82) is 5.41 Å². The molecule has 1 aliphatic rings. The summed E-state index contributed by atoms with van der Waals surface area (Å²) < 4.78 is 5.45. The molecular weight excluding hydrogens is 386 g/mol. The molecule has 0 radical (unpaired) electrons. The van der Waals surface area contributed by atoms with Crippen LogP contribution in [0.25, 0.3) is 11.4 Å². The molecule has 0 bridgehead atoms. The quantitative estimate of drug-likeness (QED) is 0.322. The number of hydrogen-bond donors (Lipinski definition) is 2. The predicted molar refractivity (Wildman–Crippen MR) is 119 cm³/mol. The molecule has 1 fully saturated rings. The Morgan fingerprint density at radius 3 is 2.62 bits per heavy atom. The van der Waals surface area contributed by atoms with Gasteiger partial charge >= 0.3 is 0 Å². The third-order valence-electron chi connectivity index (χ3n) is 5.60. The van der Waals surface area contributed by atoms with Gasteiger partial charge in [0.25, 0.3) is 0 Å². The standard InChI is InChI=1S/C22H33N5O.ClH/c1-2-3-4-5-6-7-9-17-11-13-18(14-12-17)21-25-20(28-26-21)16-19-10-8-15-27(19)22(23)24;/h11-14,19H,2-10,15-16H2,1H3,(H3,23,24);1H. The van der Waals surface area contributed by atoms with Crippen molar-refractivity contribution in [2.45, 2.75) is 77.2 Å². The second-order valence-electron chi connectivity index (χ2n) is 7.81. The molecule has 6 nitrogen and oxygen atoms in total. The zero-order valence-corrected chi connectivity index (χ0v) is 18.2. The molecule has 1 aromatic carbocycles. The first kappa shape index (κ1) is 23.2. The largest absolute Gasteiger partial charge is 0.370 e. The number of aromatic nitrogens is 2. The van der Waals surface area contributed by atoms with Gasteiger partial charge in [-0.15, -0.1) is 12.4 Å². The van der Waals surface area contributed by atoms with Crippen molar-refractivity contribution in [3.63, 3.8) is 0 Å². The number of nitrogens with zero attached hydrogens (tertiary/aromatic N) is 3. The SMILES string of the molecule is CCCCCCCCc1ccc(-c2noc(CC3CCCN3C(=N)N)n2)cc1.Cl. The van der Waals surface area contributed by atoms with Crippen LogP contribution in [-0.2, 0) is 12.8 Å². The molecule has 7 heteroatoms. The number of nitrogens with two attached hydrogens (primary N) is 1. The van der Waals surface area contributed by atoms with Gasteiger partial charge in [0.05, 0.1) is 0 Å². The van der Waals surface area contributed by atoms with Crippen LogP contribution in [0, 0.1) is 5.41 Å². The molecule has 0 aliphatic carbocycles. The molecule has 1 aromatic heterocycles. The van der Waals surface area contributed by atoms with Crippen molar-refractivity contribution in [2.75, 3.05) is 6.54 Å². The molecule has 1 aliphatic heterocycles. The molecule has 1 atom stereocenters. The molecule has 3 rings (SSSR count). The van der Waals surface area contributed by atoms with Gasteiger partial charge in [0, 0.05) is 24.6 Å². The second-order valence-corrected chi connectivity index (χ2v) is 7.81. The number of guanidine groups is 1. The fraction of sp³-hybridized carbons (Fsp3) is 0.591. The second kappa shape index (κ2) is 11.8. The van der Waals surface area contributed by atoms with Gasteiger partial charge in [0.1, 0.15) is 0 Å². The Hall–Kier alpha value is -2.08. The maximum Gasteiger partial charge on any atom is 0.229 e. The first-order valence-corrected chi connectivity index (χ1v) is 10.7. The highest BCUT2D eigenvalue weighted by molar-refractivity contribution is 5.85. The Morgan fingerprint density at radius 2 is 1.90 bits per heavy atom. The number of likely N-dealkylation sites (tertiary alicyclic amines) is 1. The zero-order valence-electron chi connectivity index (χ0n) is 17.4. The summed E-state index contributed by atoms with van der Waals surface area (Å²) >= 11 is 0. The van der Waals surface area contributed by atoms with Crippen molar-refractivity contribution in [1.82, 2.24) is 15.0 Å². The van der Waals surface area contributed by atoms with E-state index in [-0.39, 0.29) is 24.4 Å². The third kappa shape index (κ3) is 6.74. The predicted octanol–water partition coefficient (Wildman–Crippen LogP) is 4.96. The van der Waals surface area contributed by atoms with Crippen molar-refractivity contribution >= 4 is 18.4 Å². The Kier molecular flexibility index (Phi) is 9.45. The van der Waals surface area contributed by atoms with Gasteiger partial charge in [-0.3, -0.25) is 5.41 Å². The van der Waals surface area contributed by atoms with E-state index < -0.39 is 0 Å². The van der Waals surface area contributed by atoms with E-state index in [4.69, 9.17) is 15.7 Å². The van der Waals surface area contributed by atoms with Crippen LogP contribution in [0.2, 0.25) is 0 Å². The van der Waals surface area contributed by atoms with Gasteiger partial charge in [0.15, 0.2) is 5.96 Å². The lowest BCUT2D eigenvalue weighted by Gasteiger charge is -2.23. The van der Waals surface area contributed by atoms with E-state index in [0.29, 0.717) is 18.1 Å². The molecule has 29 heavy (non-hydrogen) atoms. The molecule has 3 N–H and O–H groups in total. The lowest BCUT2D eigenvalue weighted by molar-refractivity contribution is 0.320. The first-order chi connectivity index (χ1) is 13.7. The van der Waals surface area contributed by atoms with E-state index in [1.807, 2.05) is 4.90 Å². The molecule has 2 aromatic rings. The average molecular weight is 420 g/mol. The maximum atomic E-state index is 7.67. The maximum absolute atomic E-state index is 7.67. The average Bonchev–Trinajstić information content (AvgIpc) is 3.35. The fourth-order valence-electron chi connectivity index (χ4n) is 3.95. The fourth-order valence-corrected chi connectivity index (χ4v) is 3.95. The highest BCUT2D eigenvalue weighted by Crippen LogP contribution is 2.22. The molecule has 160 valence electrons. The topological polar surface area (TPSA) is 92.0 Å². The van der Waals surface area contributed by atoms with E-state index in [1.165, 1.54) is 44.1 Å². The minimum absolute atomic E-state index is 0. The van der Waals surface area contributed by atoms with Gasteiger partial charge in [0.2, 0.25) is 11.7 Å². The van der Waals surface area contributed by atoms with Crippen LogP contribution in [0.15, 0.2) is 28.8 Å². The lowest BCUT2D eigenvalue weighted by atomic mass is 10.0. The minimum atomic E-state index is 0. The molecule has 0 amide bonds. The van der Waals surface area contributed by atoms with Crippen LogP contribution in [-0.4, -0.2) is 33.6 Å². The molecule has 0 saturated carbocycles. The lowest BCUT2D eigenvalue weighted by Crippen LogP contribution is -2.41. The zero-order chi connectivity index (χ0) is 19.8. The van der Waals surface area contributed by atoms with E-state index >= 15 is 0 Å². The van der Waals surface area contributed by atoms with Crippen LogP contribution in [0.4, 0.5) is 0 Å². The van der Waals surface area contributed by atoms with Crippen LogP contribution in [0.1, 0.15) is 69.7 Å². The number of unbranched alkanes of at least 4 members (excludes halogenated alkanes) is 5. The van der Waals surface area contributed by atoms with E-state index in [9.17, 15) is 0 Å². The van der Waals surface area contributed by atoms with Crippen LogP contribution < -0.4 is 5.73 Å². The van der Waals surface area contributed by atoms with Gasteiger partial charge in [-0.25, -0.2) is 0 Å². The first-order valence-electron chi connectivity index (χ1n) is 10.7. The molecular formula is C22H34ClN5O. The van der Waals surface area contributed by atoms with Crippen molar-refractivity contribution < 1.29 is 4.52 Å². The number of hydrogen-bond acceptors (Lipinski definition) is 4. The molecule has 1 unspecified atom stereocenters. The van der Waals surface area contributed by atoms with E-state index in [0.717, 1.165) is 31.4 Å².